The van der Waals surface area contributed by atoms with Crippen LogP contribution in [-0.2, 0) is 16.0 Å². The molecule has 0 aromatic heterocycles. The highest BCUT2D eigenvalue weighted by atomic mass is 19.1. The van der Waals surface area contributed by atoms with Gasteiger partial charge in [0.15, 0.2) is 11.5 Å². The van der Waals surface area contributed by atoms with E-state index in [2.05, 4.69) is 10.6 Å². The first-order chi connectivity index (χ1) is 13.1. The molecule has 0 radical (unpaired) electrons. The van der Waals surface area contributed by atoms with Crippen molar-refractivity contribution in [3.63, 3.8) is 0 Å². The first-order valence-corrected chi connectivity index (χ1v) is 8.81. The lowest BCUT2D eigenvalue weighted by atomic mass is 10.1. The van der Waals surface area contributed by atoms with Crippen molar-refractivity contribution in [3.05, 3.63) is 53.8 Å². The molecule has 0 aliphatic carbocycles. The number of ether oxygens (including phenoxy) is 2. The van der Waals surface area contributed by atoms with Crippen LogP contribution < -0.4 is 20.1 Å². The largest absolute Gasteiger partial charge is 0.486 e. The van der Waals surface area contributed by atoms with E-state index in [1.807, 2.05) is 0 Å². The highest BCUT2D eigenvalue weighted by Crippen LogP contribution is 2.32. The summed E-state index contributed by atoms with van der Waals surface area (Å²) in [6, 6.07) is 11.6. The van der Waals surface area contributed by atoms with Crippen LogP contribution in [0.1, 0.15) is 18.4 Å². The summed E-state index contributed by atoms with van der Waals surface area (Å²) in [7, 11) is 0. The number of halogens is 1. The maximum absolute atomic E-state index is 13.5. The summed E-state index contributed by atoms with van der Waals surface area (Å²) in [5.41, 5.74) is 1.15. The van der Waals surface area contributed by atoms with E-state index in [-0.39, 0.29) is 30.6 Å². The minimum atomic E-state index is -0.339. The van der Waals surface area contributed by atoms with Gasteiger partial charge >= 0.3 is 0 Å². The molecule has 0 fully saturated rings. The van der Waals surface area contributed by atoms with Crippen molar-refractivity contribution in [3.8, 4) is 11.5 Å². The second-order valence-corrected chi connectivity index (χ2v) is 6.13. The van der Waals surface area contributed by atoms with Gasteiger partial charge in [-0.25, -0.2) is 4.39 Å². The van der Waals surface area contributed by atoms with Crippen molar-refractivity contribution in [1.82, 2.24) is 5.32 Å². The molecular formula is C20H21FN2O4. The zero-order chi connectivity index (χ0) is 19.1. The SMILES string of the molecule is O=C(CCCc1ccccc1F)NCC(=O)Nc1ccc2c(c1)OCCO2. The summed E-state index contributed by atoms with van der Waals surface area (Å²) in [5.74, 6) is 0.369. The van der Waals surface area contributed by atoms with Gasteiger partial charge < -0.3 is 20.1 Å². The second-order valence-electron chi connectivity index (χ2n) is 6.13. The zero-order valence-corrected chi connectivity index (χ0v) is 14.8. The van der Waals surface area contributed by atoms with Crippen LogP contribution in [0.2, 0.25) is 0 Å². The van der Waals surface area contributed by atoms with E-state index in [1.165, 1.54) is 6.07 Å². The number of hydrogen-bond donors (Lipinski definition) is 2. The molecule has 0 atom stereocenters. The predicted octanol–water partition coefficient (Wildman–Crippen LogP) is 2.67. The highest BCUT2D eigenvalue weighted by molar-refractivity contribution is 5.94. The number of carbonyl (C=O) groups is 2. The van der Waals surface area contributed by atoms with E-state index < -0.39 is 0 Å². The lowest BCUT2D eigenvalue weighted by Gasteiger charge is -2.19. The Bertz CT molecular complexity index is 825. The van der Waals surface area contributed by atoms with E-state index in [1.54, 1.807) is 36.4 Å². The third-order valence-corrected chi connectivity index (χ3v) is 4.08. The number of benzene rings is 2. The Morgan fingerprint density at radius 2 is 1.78 bits per heavy atom. The van der Waals surface area contributed by atoms with Crippen molar-refractivity contribution in [1.29, 1.82) is 0 Å². The molecule has 1 heterocycles. The van der Waals surface area contributed by atoms with E-state index >= 15 is 0 Å². The third kappa shape index (κ3) is 5.44. The molecule has 0 unspecified atom stereocenters. The summed E-state index contributed by atoms with van der Waals surface area (Å²) in [6.45, 7) is 0.835. The van der Waals surface area contributed by atoms with Gasteiger partial charge in [-0.15, -0.1) is 0 Å². The van der Waals surface area contributed by atoms with Crippen LogP contribution >= 0.6 is 0 Å². The van der Waals surface area contributed by atoms with E-state index in [4.69, 9.17) is 9.47 Å². The Hall–Kier alpha value is -3.09. The Morgan fingerprint density at radius 3 is 2.59 bits per heavy atom. The van der Waals surface area contributed by atoms with Gasteiger partial charge in [0.25, 0.3) is 0 Å². The highest BCUT2D eigenvalue weighted by Gasteiger charge is 2.13. The molecule has 0 saturated carbocycles. The molecule has 7 heteroatoms. The Kier molecular flexibility index (Phi) is 6.25. The smallest absolute Gasteiger partial charge is 0.243 e. The van der Waals surface area contributed by atoms with Crippen LogP contribution in [0.4, 0.5) is 10.1 Å². The van der Waals surface area contributed by atoms with Crippen molar-refractivity contribution in [2.45, 2.75) is 19.3 Å². The van der Waals surface area contributed by atoms with Gasteiger partial charge in [-0.2, -0.15) is 0 Å². The Morgan fingerprint density at radius 1 is 1.00 bits per heavy atom. The number of carbonyl (C=O) groups excluding carboxylic acids is 2. The number of hydrogen-bond acceptors (Lipinski definition) is 4. The fourth-order valence-electron chi connectivity index (χ4n) is 2.73. The van der Waals surface area contributed by atoms with Crippen LogP contribution in [0, 0.1) is 5.82 Å². The number of fused-ring (bicyclic) bond motifs is 1. The van der Waals surface area contributed by atoms with Crippen molar-refractivity contribution in [2.24, 2.45) is 0 Å². The molecule has 1 aliphatic rings. The predicted molar refractivity (Wildman–Crippen MR) is 98.4 cm³/mol. The second kappa shape index (κ2) is 9.02. The van der Waals surface area contributed by atoms with Gasteiger partial charge in [0.05, 0.1) is 6.54 Å². The molecule has 0 bridgehead atoms. The average Bonchev–Trinajstić information content (AvgIpc) is 2.68. The summed E-state index contributed by atoms with van der Waals surface area (Å²) in [5, 5.41) is 5.26. The maximum Gasteiger partial charge on any atom is 0.243 e. The van der Waals surface area contributed by atoms with Gasteiger partial charge in [-0.05, 0) is 36.6 Å². The lowest BCUT2D eigenvalue weighted by Crippen LogP contribution is -2.32. The van der Waals surface area contributed by atoms with Gasteiger partial charge in [-0.3, -0.25) is 9.59 Å². The van der Waals surface area contributed by atoms with Crippen molar-refractivity contribution in [2.75, 3.05) is 25.1 Å². The molecule has 1 aliphatic heterocycles. The Balaban J connectivity index is 1.38. The molecule has 0 saturated heterocycles. The number of nitrogens with one attached hydrogen (secondary N) is 2. The minimum absolute atomic E-state index is 0.132. The van der Waals surface area contributed by atoms with Crippen LogP contribution in [0.15, 0.2) is 42.5 Å². The molecule has 3 rings (SSSR count). The molecule has 2 aromatic rings. The molecule has 2 N–H and O–H groups in total. The first kappa shape index (κ1) is 18.7. The monoisotopic (exact) mass is 372 g/mol. The molecule has 6 nitrogen and oxygen atoms in total. The van der Waals surface area contributed by atoms with Crippen LogP contribution in [-0.4, -0.2) is 31.6 Å². The van der Waals surface area contributed by atoms with E-state index in [0.29, 0.717) is 48.8 Å². The van der Waals surface area contributed by atoms with Crippen LogP contribution in [0.25, 0.3) is 0 Å². The topological polar surface area (TPSA) is 76.7 Å². The van der Waals surface area contributed by atoms with Gasteiger partial charge in [0.1, 0.15) is 19.0 Å². The quantitative estimate of drug-likeness (QED) is 0.783. The van der Waals surface area contributed by atoms with Gasteiger partial charge in [0.2, 0.25) is 11.8 Å². The molecule has 142 valence electrons. The number of anilines is 1. The summed E-state index contributed by atoms with van der Waals surface area (Å²) < 4.78 is 24.4. The molecule has 0 spiro atoms. The minimum Gasteiger partial charge on any atom is -0.486 e. The molecule has 2 amide bonds. The Labute approximate surface area is 156 Å². The van der Waals surface area contributed by atoms with E-state index in [0.717, 1.165) is 0 Å². The summed E-state index contributed by atoms with van der Waals surface area (Å²) in [4.78, 5) is 23.8. The van der Waals surface area contributed by atoms with Crippen molar-refractivity contribution < 1.29 is 23.5 Å². The van der Waals surface area contributed by atoms with E-state index in [9.17, 15) is 14.0 Å². The maximum atomic E-state index is 13.5. The fourth-order valence-corrected chi connectivity index (χ4v) is 2.73. The van der Waals surface area contributed by atoms with Gasteiger partial charge in [0, 0.05) is 18.2 Å². The zero-order valence-electron chi connectivity index (χ0n) is 14.8. The lowest BCUT2D eigenvalue weighted by molar-refractivity contribution is -0.124. The molecular weight excluding hydrogens is 351 g/mol. The summed E-state index contributed by atoms with van der Waals surface area (Å²) >= 11 is 0. The number of rotatable bonds is 7. The molecule has 27 heavy (non-hydrogen) atoms. The normalized spacial score (nSPS) is 12.3. The van der Waals surface area contributed by atoms with Crippen molar-refractivity contribution >= 4 is 17.5 Å². The summed E-state index contributed by atoms with van der Waals surface area (Å²) in [6.07, 6.45) is 1.21. The van der Waals surface area contributed by atoms with Crippen LogP contribution in [0.3, 0.4) is 0 Å². The molecule has 2 aromatic carbocycles. The first-order valence-electron chi connectivity index (χ1n) is 8.81. The number of aryl methyl sites for hydroxylation is 1. The standard InChI is InChI=1S/C20H21FN2O4/c21-16-6-2-1-4-14(16)5-3-7-19(24)22-13-20(25)23-15-8-9-17-18(12-15)27-11-10-26-17/h1-2,4,6,8-9,12H,3,5,7,10-11,13H2,(H,22,24)(H,23,25). The number of amides is 2. The average molecular weight is 372 g/mol. The fraction of sp³-hybridized carbons (Fsp3) is 0.300. The van der Waals surface area contributed by atoms with Crippen LogP contribution in [0.5, 0.6) is 11.5 Å². The van der Waals surface area contributed by atoms with Gasteiger partial charge in [-0.1, -0.05) is 18.2 Å². The third-order valence-electron chi connectivity index (χ3n) is 4.08.